The van der Waals surface area contributed by atoms with E-state index in [-0.39, 0.29) is 17.3 Å². The molecular formula is C30H50O9. The second kappa shape index (κ2) is 19.7. The molecule has 9 heteroatoms. The molecule has 0 aliphatic carbocycles. The van der Waals surface area contributed by atoms with Gasteiger partial charge in [0.2, 0.25) is 0 Å². The summed E-state index contributed by atoms with van der Waals surface area (Å²) in [5, 5.41) is 47.9. The molecule has 0 aliphatic heterocycles. The molecule has 0 saturated heterocycles. The van der Waals surface area contributed by atoms with E-state index in [1.165, 1.54) is 45.1 Å². The van der Waals surface area contributed by atoms with Gasteiger partial charge in [0.05, 0.1) is 12.7 Å². The van der Waals surface area contributed by atoms with E-state index in [9.17, 15) is 34.8 Å². The van der Waals surface area contributed by atoms with Crippen LogP contribution < -0.4 is 0 Å². The average Bonchev–Trinajstić information content (AvgIpc) is 2.88. The molecule has 0 aromatic heterocycles. The van der Waals surface area contributed by atoms with Crippen LogP contribution in [0, 0.1) is 11.8 Å². The van der Waals surface area contributed by atoms with E-state index in [1.54, 1.807) is 19.9 Å². The van der Waals surface area contributed by atoms with Crippen LogP contribution in [0.3, 0.4) is 0 Å². The van der Waals surface area contributed by atoms with Crippen molar-refractivity contribution in [1.29, 1.82) is 0 Å². The molecule has 0 fully saturated rings. The normalized spacial score (nSPS) is 17.6. The summed E-state index contributed by atoms with van der Waals surface area (Å²) < 4.78 is 4.93. The predicted molar refractivity (Wildman–Crippen MR) is 150 cm³/mol. The van der Waals surface area contributed by atoms with E-state index < -0.39 is 48.9 Å². The van der Waals surface area contributed by atoms with Crippen LogP contribution in [0.4, 0.5) is 0 Å². The number of unbranched alkanes of at least 4 members (excludes halogenated alkanes) is 6. The van der Waals surface area contributed by atoms with Crippen LogP contribution >= 0.6 is 0 Å². The summed E-state index contributed by atoms with van der Waals surface area (Å²) in [6, 6.07) is 0. The van der Waals surface area contributed by atoms with Crippen molar-refractivity contribution in [2.75, 3.05) is 6.61 Å². The molecule has 0 spiro atoms. The summed E-state index contributed by atoms with van der Waals surface area (Å²) in [6.07, 6.45) is 7.74. The molecule has 0 amide bonds. The molecule has 0 rings (SSSR count). The van der Waals surface area contributed by atoms with Crippen LogP contribution in [0.1, 0.15) is 92.9 Å². The van der Waals surface area contributed by atoms with Crippen molar-refractivity contribution in [2.24, 2.45) is 11.8 Å². The minimum Gasteiger partial charge on any atom is -0.479 e. The highest BCUT2D eigenvalue weighted by Crippen LogP contribution is 2.19. The van der Waals surface area contributed by atoms with E-state index in [0.29, 0.717) is 5.57 Å². The number of carboxylic acid groups (broad SMARTS) is 1. The maximum atomic E-state index is 12.9. The fourth-order valence-electron chi connectivity index (χ4n) is 4.23. The van der Waals surface area contributed by atoms with E-state index in [0.717, 1.165) is 24.8 Å². The smallest absolute Gasteiger partial charge is 0.335 e. The van der Waals surface area contributed by atoms with Crippen molar-refractivity contribution in [1.82, 2.24) is 0 Å². The van der Waals surface area contributed by atoms with Crippen molar-refractivity contribution < 1.29 is 44.7 Å². The number of carbonyl (C=O) groups excluding carboxylic acids is 2. The second-order valence-corrected chi connectivity index (χ2v) is 10.5. The Labute approximate surface area is 233 Å². The van der Waals surface area contributed by atoms with E-state index in [4.69, 9.17) is 9.84 Å². The Kier molecular flexibility index (Phi) is 18.5. The zero-order chi connectivity index (χ0) is 30.1. The van der Waals surface area contributed by atoms with Gasteiger partial charge in [-0.3, -0.25) is 4.79 Å². The maximum Gasteiger partial charge on any atom is 0.335 e. The lowest BCUT2D eigenvalue weighted by Gasteiger charge is -2.23. The molecule has 224 valence electrons. The van der Waals surface area contributed by atoms with Gasteiger partial charge in [-0.1, -0.05) is 89.5 Å². The molecule has 6 atom stereocenters. The standard InChI is InChI=1S/C30H50O9/c1-7-8-9-10-11-12-13-14-24(32)20(3)15-19(2)16-21(4)26(33)22(5)17-23(6)30(38)39-25(18-31)27(34)28(35)29(36)37/h15-17,20,22,24-25,27-28,31-32,34-35H,7-14,18H2,1-6H3,(H,36,37)/b19-15+,21-16+,23-17+/t20-,22+,24+,25+,27+,28-/m0/s1. The third-order valence-electron chi connectivity index (χ3n) is 6.70. The summed E-state index contributed by atoms with van der Waals surface area (Å²) in [6.45, 7) is 9.77. The van der Waals surface area contributed by atoms with Gasteiger partial charge in [0, 0.05) is 17.4 Å². The van der Waals surface area contributed by atoms with Crippen LogP contribution in [-0.4, -0.2) is 74.3 Å². The number of aliphatic hydroxyl groups excluding tert-OH is 4. The highest BCUT2D eigenvalue weighted by molar-refractivity contribution is 5.99. The van der Waals surface area contributed by atoms with Gasteiger partial charge in [-0.15, -0.1) is 0 Å². The second-order valence-electron chi connectivity index (χ2n) is 10.5. The van der Waals surface area contributed by atoms with Gasteiger partial charge in [-0.25, -0.2) is 9.59 Å². The SMILES string of the molecule is CCCCCCCCC[C@@H](O)[C@@H](C)/C=C(C)/C=C(\C)C(=O)[C@H](C)/C=C(\C)C(=O)O[C@H](CO)[C@@H](O)[C@H](O)C(=O)O. The highest BCUT2D eigenvalue weighted by atomic mass is 16.6. The number of carbonyl (C=O) groups is 3. The number of ketones is 1. The average molecular weight is 555 g/mol. The van der Waals surface area contributed by atoms with E-state index in [2.05, 4.69) is 6.92 Å². The number of aliphatic hydroxyl groups is 4. The van der Waals surface area contributed by atoms with Gasteiger partial charge in [0.1, 0.15) is 6.10 Å². The topological polar surface area (TPSA) is 162 Å². The molecule has 9 nitrogen and oxygen atoms in total. The molecule has 0 aromatic rings. The van der Waals surface area contributed by atoms with Crippen molar-refractivity contribution in [3.63, 3.8) is 0 Å². The number of carboxylic acids is 1. The molecule has 5 N–H and O–H groups in total. The van der Waals surface area contributed by atoms with Crippen molar-refractivity contribution in [3.8, 4) is 0 Å². The number of Topliss-reactive ketones (excluding diaryl/α,β-unsaturated/α-hetero) is 1. The van der Waals surface area contributed by atoms with Gasteiger partial charge >= 0.3 is 11.9 Å². The molecule has 0 heterocycles. The zero-order valence-corrected chi connectivity index (χ0v) is 24.4. The first kappa shape index (κ1) is 36.7. The van der Waals surface area contributed by atoms with Crippen molar-refractivity contribution in [3.05, 3.63) is 34.9 Å². The van der Waals surface area contributed by atoms with Gasteiger partial charge in [-0.2, -0.15) is 0 Å². The summed E-state index contributed by atoms with van der Waals surface area (Å²) in [4.78, 5) is 36.0. The number of allylic oxidation sites excluding steroid dienone is 4. The van der Waals surface area contributed by atoms with Gasteiger partial charge in [0.25, 0.3) is 0 Å². The fraction of sp³-hybridized carbons (Fsp3) is 0.700. The van der Waals surface area contributed by atoms with E-state index >= 15 is 0 Å². The number of ether oxygens (including phenoxy) is 1. The molecule has 0 aromatic carbocycles. The summed E-state index contributed by atoms with van der Waals surface area (Å²) >= 11 is 0. The van der Waals surface area contributed by atoms with Gasteiger partial charge < -0.3 is 30.3 Å². The van der Waals surface area contributed by atoms with Crippen LogP contribution in [0.2, 0.25) is 0 Å². The zero-order valence-electron chi connectivity index (χ0n) is 24.4. The molecular weight excluding hydrogens is 504 g/mol. The lowest BCUT2D eigenvalue weighted by molar-refractivity contribution is -0.171. The maximum absolute atomic E-state index is 12.9. The first-order valence-corrected chi connectivity index (χ1v) is 13.9. The Morgan fingerprint density at radius 2 is 1.41 bits per heavy atom. The van der Waals surface area contributed by atoms with Crippen molar-refractivity contribution in [2.45, 2.75) is 117 Å². The number of hydrogen-bond acceptors (Lipinski definition) is 8. The molecule has 0 bridgehead atoms. The first-order valence-electron chi connectivity index (χ1n) is 13.9. The van der Waals surface area contributed by atoms with Crippen LogP contribution in [0.5, 0.6) is 0 Å². The monoisotopic (exact) mass is 554 g/mol. The van der Waals surface area contributed by atoms with Crippen LogP contribution in [-0.2, 0) is 19.1 Å². The fourth-order valence-corrected chi connectivity index (χ4v) is 4.23. The Morgan fingerprint density at radius 3 is 1.95 bits per heavy atom. The van der Waals surface area contributed by atoms with Gasteiger partial charge in [0.15, 0.2) is 18.0 Å². The summed E-state index contributed by atoms with van der Waals surface area (Å²) in [7, 11) is 0. The molecule has 0 radical (unpaired) electrons. The summed E-state index contributed by atoms with van der Waals surface area (Å²) in [5.74, 6) is -3.68. The van der Waals surface area contributed by atoms with E-state index in [1.807, 2.05) is 19.9 Å². The predicted octanol–water partition coefficient (Wildman–Crippen LogP) is 3.88. The third-order valence-corrected chi connectivity index (χ3v) is 6.70. The summed E-state index contributed by atoms with van der Waals surface area (Å²) in [5.41, 5.74) is 1.33. The number of rotatable bonds is 20. The molecule has 0 unspecified atom stereocenters. The molecule has 0 saturated carbocycles. The lowest BCUT2D eigenvalue weighted by Crippen LogP contribution is -2.46. The van der Waals surface area contributed by atoms with Gasteiger partial charge in [-0.05, 0) is 32.8 Å². The van der Waals surface area contributed by atoms with Crippen LogP contribution in [0.25, 0.3) is 0 Å². The third kappa shape index (κ3) is 14.6. The Bertz CT molecular complexity index is 858. The Morgan fingerprint density at radius 1 is 0.846 bits per heavy atom. The number of hydrogen-bond donors (Lipinski definition) is 5. The lowest BCUT2D eigenvalue weighted by atomic mass is 9.94. The minimum absolute atomic E-state index is 0.0217. The molecule has 0 aliphatic rings. The molecule has 39 heavy (non-hydrogen) atoms. The van der Waals surface area contributed by atoms with Crippen LogP contribution in [0.15, 0.2) is 34.9 Å². The first-order chi connectivity index (χ1) is 18.3. The Balaban J connectivity index is 5.02. The quantitative estimate of drug-likeness (QED) is 0.0651. The highest BCUT2D eigenvalue weighted by Gasteiger charge is 2.33. The Hall–Kier alpha value is -2.33. The van der Waals surface area contributed by atoms with Crippen molar-refractivity contribution >= 4 is 17.7 Å². The minimum atomic E-state index is -2.24. The number of esters is 1. The largest absolute Gasteiger partial charge is 0.479 e. The number of aliphatic carboxylic acids is 1.